The molecule has 0 unspecified atom stereocenters. The van der Waals surface area contributed by atoms with E-state index in [1.807, 2.05) is 41.3 Å². The van der Waals surface area contributed by atoms with Crippen LogP contribution in [-0.4, -0.2) is 29.8 Å². The molecule has 2 N–H and O–H groups in total. The summed E-state index contributed by atoms with van der Waals surface area (Å²) in [6.07, 6.45) is 3.57. The summed E-state index contributed by atoms with van der Waals surface area (Å²) < 4.78 is 0. The van der Waals surface area contributed by atoms with Gasteiger partial charge in [-0.3, -0.25) is 9.59 Å². The van der Waals surface area contributed by atoms with Crippen LogP contribution in [0, 0.1) is 0 Å². The fourth-order valence-electron chi connectivity index (χ4n) is 2.46. The van der Waals surface area contributed by atoms with Crippen molar-refractivity contribution < 1.29 is 9.59 Å². The van der Waals surface area contributed by atoms with Gasteiger partial charge in [0.25, 0.3) is 5.91 Å². The van der Waals surface area contributed by atoms with Gasteiger partial charge in [-0.2, -0.15) is 0 Å². The normalized spacial score (nSPS) is 13.7. The molecule has 0 bridgehead atoms. The van der Waals surface area contributed by atoms with Crippen molar-refractivity contribution in [3.8, 4) is 0 Å². The Balaban J connectivity index is 0.000000185. The second-order valence-corrected chi connectivity index (χ2v) is 5.45. The van der Waals surface area contributed by atoms with Gasteiger partial charge in [0.2, 0.25) is 5.91 Å². The standard InChI is InChI=1S/C12H15NO.C7H7NO/c14-12(11-7-3-1-4-8-11)13-9-5-2-6-10-13;8-7(9)6-4-2-1-3-5-6/h1,3-4,7-8H,2,5-6,9-10H2;1-5H,(H2,8,9). The van der Waals surface area contributed by atoms with E-state index >= 15 is 0 Å². The van der Waals surface area contributed by atoms with Crippen LogP contribution in [0.3, 0.4) is 0 Å². The van der Waals surface area contributed by atoms with E-state index in [0.717, 1.165) is 31.5 Å². The summed E-state index contributed by atoms with van der Waals surface area (Å²) >= 11 is 0. The Morgan fingerprint density at radius 3 is 1.65 bits per heavy atom. The van der Waals surface area contributed by atoms with Gasteiger partial charge in [0.05, 0.1) is 0 Å². The molecule has 1 fully saturated rings. The minimum atomic E-state index is -0.379. The number of amides is 2. The Bertz CT molecular complexity index is 620. The minimum Gasteiger partial charge on any atom is -0.366 e. The van der Waals surface area contributed by atoms with Crippen LogP contribution in [0.4, 0.5) is 0 Å². The van der Waals surface area contributed by atoms with E-state index in [9.17, 15) is 9.59 Å². The number of piperidine rings is 1. The Kier molecular flexibility index (Phi) is 6.36. The van der Waals surface area contributed by atoms with Crippen molar-refractivity contribution in [2.45, 2.75) is 19.3 Å². The van der Waals surface area contributed by atoms with E-state index in [2.05, 4.69) is 0 Å². The van der Waals surface area contributed by atoms with Gasteiger partial charge in [-0.05, 0) is 43.5 Å². The summed E-state index contributed by atoms with van der Waals surface area (Å²) in [4.78, 5) is 24.3. The maximum atomic E-state index is 11.9. The highest BCUT2D eigenvalue weighted by Crippen LogP contribution is 2.12. The summed E-state index contributed by atoms with van der Waals surface area (Å²) in [5.74, 6) is -0.194. The van der Waals surface area contributed by atoms with Crippen LogP contribution in [0.25, 0.3) is 0 Å². The quantitative estimate of drug-likeness (QED) is 0.926. The smallest absolute Gasteiger partial charge is 0.253 e. The largest absolute Gasteiger partial charge is 0.366 e. The molecular formula is C19H22N2O2. The van der Waals surface area contributed by atoms with E-state index in [1.54, 1.807) is 24.3 Å². The first-order valence-corrected chi connectivity index (χ1v) is 7.87. The van der Waals surface area contributed by atoms with E-state index in [4.69, 9.17) is 5.73 Å². The monoisotopic (exact) mass is 310 g/mol. The van der Waals surface area contributed by atoms with Crippen molar-refractivity contribution in [1.29, 1.82) is 0 Å². The minimum absolute atomic E-state index is 0.185. The van der Waals surface area contributed by atoms with Gasteiger partial charge in [-0.25, -0.2) is 0 Å². The molecule has 1 aliphatic rings. The first-order valence-electron chi connectivity index (χ1n) is 7.87. The molecule has 0 radical (unpaired) electrons. The zero-order valence-electron chi connectivity index (χ0n) is 13.2. The molecule has 1 saturated heterocycles. The highest BCUT2D eigenvalue weighted by molar-refractivity contribution is 5.94. The number of primary amides is 1. The molecule has 23 heavy (non-hydrogen) atoms. The number of hydrogen-bond acceptors (Lipinski definition) is 2. The van der Waals surface area contributed by atoms with Crippen LogP contribution < -0.4 is 5.73 Å². The molecule has 0 saturated carbocycles. The van der Waals surface area contributed by atoms with Gasteiger partial charge in [0, 0.05) is 24.2 Å². The molecule has 2 amide bonds. The lowest BCUT2D eigenvalue weighted by molar-refractivity contribution is 0.0724. The molecule has 2 aromatic carbocycles. The topological polar surface area (TPSA) is 63.4 Å². The number of benzene rings is 2. The first-order chi connectivity index (χ1) is 11.2. The van der Waals surface area contributed by atoms with Crippen LogP contribution in [-0.2, 0) is 0 Å². The molecule has 0 aliphatic carbocycles. The van der Waals surface area contributed by atoms with Gasteiger partial charge in [-0.15, -0.1) is 0 Å². The first kappa shape index (κ1) is 16.7. The SMILES string of the molecule is NC(=O)c1ccccc1.O=C(c1ccccc1)N1CCCCC1. The van der Waals surface area contributed by atoms with Crippen molar-refractivity contribution >= 4 is 11.8 Å². The van der Waals surface area contributed by atoms with Crippen LogP contribution >= 0.6 is 0 Å². The summed E-state index contributed by atoms with van der Waals surface area (Å²) in [6.45, 7) is 1.85. The second kappa shape index (κ2) is 8.73. The fourth-order valence-corrected chi connectivity index (χ4v) is 2.46. The predicted octanol–water partition coefficient (Wildman–Crippen LogP) is 3.10. The molecule has 0 aromatic heterocycles. The Morgan fingerprint density at radius 2 is 1.22 bits per heavy atom. The molecular weight excluding hydrogens is 288 g/mol. The number of carbonyl (C=O) groups excluding carboxylic acids is 2. The van der Waals surface area contributed by atoms with Crippen LogP contribution in [0.15, 0.2) is 60.7 Å². The van der Waals surface area contributed by atoms with Crippen molar-refractivity contribution in [2.24, 2.45) is 5.73 Å². The highest BCUT2D eigenvalue weighted by Gasteiger charge is 2.17. The molecule has 4 nitrogen and oxygen atoms in total. The number of nitrogens with zero attached hydrogens (tertiary/aromatic N) is 1. The van der Waals surface area contributed by atoms with Gasteiger partial charge in [-0.1, -0.05) is 36.4 Å². The van der Waals surface area contributed by atoms with E-state index in [-0.39, 0.29) is 11.8 Å². The average molecular weight is 310 g/mol. The summed E-state index contributed by atoms with van der Waals surface area (Å²) in [6, 6.07) is 18.3. The third-order valence-corrected chi connectivity index (χ3v) is 3.72. The zero-order valence-corrected chi connectivity index (χ0v) is 13.2. The zero-order chi connectivity index (χ0) is 16.5. The maximum absolute atomic E-state index is 11.9. The lowest BCUT2D eigenvalue weighted by atomic mass is 10.1. The second-order valence-electron chi connectivity index (χ2n) is 5.45. The lowest BCUT2D eigenvalue weighted by Crippen LogP contribution is -2.35. The third kappa shape index (κ3) is 5.25. The molecule has 4 heteroatoms. The molecule has 1 aliphatic heterocycles. The fraction of sp³-hybridized carbons (Fsp3) is 0.263. The number of hydrogen-bond donors (Lipinski definition) is 1. The predicted molar refractivity (Wildman–Crippen MR) is 91.2 cm³/mol. The molecule has 2 aromatic rings. The molecule has 0 spiro atoms. The summed E-state index contributed by atoms with van der Waals surface area (Å²) in [5.41, 5.74) is 6.34. The van der Waals surface area contributed by atoms with Crippen molar-refractivity contribution in [1.82, 2.24) is 4.90 Å². The molecule has 1 heterocycles. The van der Waals surface area contributed by atoms with Gasteiger partial charge >= 0.3 is 0 Å². The molecule has 120 valence electrons. The Labute approximate surface area is 136 Å². The van der Waals surface area contributed by atoms with Crippen molar-refractivity contribution in [3.63, 3.8) is 0 Å². The third-order valence-electron chi connectivity index (χ3n) is 3.72. The van der Waals surface area contributed by atoms with E-state index in [1.165, 1.54) is 6.42 Å². The van der Waals surface area contributed by atoms with E-state index in [0.29, 0.717) is 5.56 Å². The van der Waals surface area contributed by atoms with Gasteiger partial charge in [0.15, 0.2) is 0 Å². The van der Waals surface area contributed by atoms with Gasteiger partial charge in [0.1, 0.15) is 0 Å². The summed E-state index contributed by atoms with van der Waals surface area (Å²) in [5, 5.41) is 0. The summed E-state index contributed by atoms with van der Waals surface area (Å²) in [7, 11) is 0. The van der Waals surface area contributed by atoms with Gasteiger partial charge < -0.3 is 10.6 Å². The molecule has 0 atom stereocenters. The Hall–Kier alpha value is -2.62. The highest BCUT2D eigenvalue weighted by atomic mass is 16.2. The van der Waals surface area contributed by atoms with Crippen molar-refractivity contribution in [3.05, 3.63) is 71.8 Å². The van der Waals surface area contributed by atoms with Crippen LogP contribution in [0.5, 0.6) is 0 Å². The lowest BCUT2D eigenvalue weighted by Gasteiger charge is -2.26. The molecule has 3 rings (SSSR count). The number of carbonyl (C=O) groups is 2. The van der Waals surface area contributed by atoms with Crippen molar-refractivity contribution in [2.75, 3.05) is 13.1 Å². The maximum Gasteiger partial charge on any atom is 0.253 e. The van der Waals surface area contributed by atoms with E-state index < -0.39 is 0 Å². The number of likely N-dealkylation sites (tertiary alicyclic amines) is 1. The number of nitrogens with two attached hydrogens (primary N) is 1. The Morgan fingerprint density at radius 1 is 0.739 bits per heavy atom. The van der Waals surface area contributed by atoms with Crippen LogP contribution in [0.1, 0.15) is 40.0 Å². The van der Waals surface area contributed by atoms with Crippen LogP contribution in [0.2, 0.25) is 0 Å². The number of rotatable bonds is 2. The average Bonchev–Trinajstić information content (AvgIpc) is 2.64.